The molecule has 118 valence electrons. The van der Waals surface area contributed by atoms with Crippen molar-refractivity contribution in [1.29, 1.82) is 0 Å². The molecule has 0 amide bonds. The molecule has 2 N–H and O–H groups in total. The topological polar surface area (TPSA) is 52.3 Å². The third-order valence-electron chi connectivity index (χ3n) is 3.30. The molecule has 0 fully saturated rings. The summed E-state index contributed by atoms with van der Waals surface area (Å²) in [4.78, 5) is 11.1. The van der Waals surface area contributed by atoms with Crippen LogP contribution in [0.3, 0.4) is 0 Å². The van der Waals surface area contributed by atoms with Crippen molar-refractivity contribution in [2.75, 3.05) is 13.2 Å². The molecule has 0 radical (unpaired) electrons. The highest BCUT2D eigenvalue weighted by molar-refractivity contribution is 5.69. The predicted molar refractivity (Wildman–Crippen MR) is 85.6 cm³/mol. The molecule has 3 heteroatoms. The molecule has 0 aromatic rings. The minimum absolute atomic E-state index is 0.0638. The molecular weight excluding hydrogens is 250 g/mol. The standard InChI is InChI=1S/C17H33NO2/c1-2-20-17(19)15-13-11-9-7-5-3-4-6-8-10-12-14-16-18/h5,7H,2-4,6,8-16,18H2,1H3/b7-5-. The smallest absolute Gasteiger partial charge is 0.305 e. The van der Waals surface area contributed by atoms with Crippen LogP contribution in [0.5, 0.6) is 0 Å². The van der Waals surface area contributed by atoms with Crippen molar-refractivity contribution in [2.24, 2.45) is 5.73 Å². The summed E-state index contributed by atoms with van der Waals surface area (Å²) in [5.74, 6) is -0.0638. The molecule has 0 heterocycles. The van der Waals surface area contributed by atoms with E-state index in [1.807, 2.05) is 6.92 Å². The van der Waals surface area contributed by atoms with E-state index in [0.29, 0.717) is 13.0 Å². The van der Waals surface area contributed by atoms with Gasteiger partial charge in [0.05, 0.1) is 6.61 Å². The fraction of sp³-hybridized carbons (Fsp3) is 0.824. The maximum atomic E-state index is 11.1. The summed E-state index contributed by atoms with van der Waals surface area (Å²) in [6.07, 6.45) is 17.1. The molecule has 0 aromatic heterocycles. The van der Waals surface area contributed by atoms with E-state index in [1.54, 1.807) is 0 Å². The first-order valence-corrected chi connectivity index (χ1v) is 8.32. The molecule has 0 atom stereocenters. The largest absolute Gasteiger partial charge is 0.466 e. The minimum Gasteiger partial charge on any atom is -0.466 e. The van der Waals surface area contributed by atoms with E-state index in [9.17, 15) is 4.79 Å². The summed E-state index contributed by atoms with van der Waals surface area (Å²) in [6.45, 7) is 3.17. The van der Waals surface area contributed by atoms with Crippen molar-refractivity contribution in [2.45, 2.75) is 77.6 Å². The number of carbonyl (C=O) groups is 1. The van der Waals surface area contributed by atoms with Crippen molar-refractivity contribution in [3.8, 4) is 0 Å². The van der Waals surface area contributed by atoms with Crippen molar-refractivity contribution in [3.05, 3.63) is 12.2 Å². The molecule has 0 unspecified atom stereocenters. The highest BCUT2D eigenvalue weighted by atomic mass is 16.5. The van der Waals surface area contributed by atoms with Gasteiger partial charge in [-0.15, -0.1) is 0 Å². The van der Waals surface area contributed by atoms with Crippen molar-refractivity contribution >= 4 is 5.97 Å². The summed E-state index contributed by atoms with van der Waals surface area (Å²) in [5, 5.41) is 0. The number of unbranched alkanes of at least 4 members (excludes halogenated alkanes) is 8. The highest BCUT2D eigenvalue weighted by Gasteiger charge is 1.99. The number of hydrogen-bond donors (Lipinski definition) is 1. The van der Waals surface area contributed by atoms with Crippen molar-refractivity contribution < 1.29 is 9.53 Å². The number of allylic oxidation sites excluding steroid dienone is 2. The van der Waals surface area contributed by atoms with Gasteiger partial charge >= 0.3 is 5.97 Å². The number of rotatable bonds is 14. The first-order valence-electron chi connectivity index (χ1n) is 8.32. The van der Waals surface area contributed by atoms with Gasteiger partial charge < -0.3 is 10.5 Å². The molecule has 0 aliphatic carbocycles. The number of carbonyl (C=O) groups excluding carboxylic acids is 1. The summed E-state index contributed by atoms with van der Waals surface area (Å²) in [6, 6.07) is 0. The van der Waals surface area contributed by atoms with Crippen LogP contribution in [0.25, 0.3) is 0 Å². The second kappa shape index (κ2) is 16.2. The molecule has 0 saturated carbocycles. The molecule has 0 bridgehead atoms. The average Bonchev–Trinajstić information content (AvgIpc) is 2.44. The van der Waals surface area contributed by atoms with E-state index < -0.39 is 0 Å². The van der Waals surface area contributed by atoms with Crippen LogP contribution in [0.2, 0.25) is 0 Å². The normalized spacial score (nSPS) is 11.1. The second-order valence-electron chi connectivity index (χ2n) is 5.22. The maximum absolute atomic E-state index is 11.1. The van der Waals surface area contributed by atoms with Crippen LogP contribution < -0.4 is 5.73 Å². The Morgan fingerprint density at radius 1 is 0.900 bits per heavy atom. The Hall–Kier alpha value is -0.830. The highest BCUT2D eigenvalue weighted by Crippen LogP contribution is 2.08. The van der Waals surface area contributed by atoms with Gasteiger partial charge in [-0.25, -0.2) is 0 Å². The Kier molecular flexibility index (Phi) is 15.6. The number of hydrogen-bond acceptors (Lipinski definition) is 3. The SMILES string of the molecule is CCOC(=O)CCCC/C=C\CCCCCCCCN. The Balaban J connectivity index is 3.14. The Bertz CT molecular complexity index is 239. The van der Waals surface area contributed by atoms with Gasteiger partial charge in [-0.1, -0.05) is 37.8 Å². The lowest BCUT2D eigenvalue weighted by Crippen LogP contribution is -2.02. The number of esters is 1. The van der Waals surface area contributed by atoms with Gasteiger partial charge in [0.25, 0.3) is 0 Å². The van der Waals surface area contributed by atoms with E-state index in [0.717, 1.165) is 25.8 Å². The summed E-state index contributed by atoms with van der Waals surface area (Å²) in [5.41, 5.74) is 5.46. The zero-order chi connectivity index (χ0) is 14.9. The monoisotopic (exact) mass is 283 g/mol. The quantitative estimate of drug-likeness (QED) is 0.293. The van der Waals surface area contributed by atoms with Crippen LogP contribution >= 0.6 is 0 Å². The zero-order valence-corrected chi connectivity index (χ0v) is 13.2. The van der Waals surface area contributed by atoms with Crippen LogP contribution in [0.15, 0.2) is 12.2 Å². The average molecular weight is 283 g/mol. The molecule has 3 nitrogen and oxygen atoms in total. The minimum atomic E-state index is -0.0638. The molecule has 20 heavy (non-hydrogen) atoms. The number of ether oxygens (including phenoxy) is 1. The van der Waals surface area contributed by atoms with E-state index in [4.69, 9.17) is 10.5 Å². The molecule has 0 saturated heterocycles. The van der Waals surface area contributed by atoms with Crippen LogP contribution in [0.4, 0.5) is 0 Å². The van der Waals surface area contributed by atoms with E-state index in [2.05, 4.69) is 12.2 Å². The predicted octanol–water partition coefficient (Wildman–Crippen LogP) is 4.36. The number of nitrogens with two attached hydrogens (primary N) is 1. The van der Waals surface area contributed by atoms with Crippen LogP contribution in [0, 0.1) is 0 Å². The van der Waals surface area contributed by atoms with Crippen molar-refractivity contribution in [3.63, 3.8) is 0 Å². The molecule has 0 spiro atoms. The van der Waals surface area contributed by atoms with Gasteiger partial charge in [-0.2, -0.15) is 0 Å². The first-order chi connectivity index (χ1) is 9.81. The van der Waals surface area contributed by atoms with E-state index >= 15 is 0 Å². The summed E-state index contributed by atoms with van der Waals surface area (Å²) in [7, 11) is 0. The van der Waals surface area contributed by atoms with E-state index in [-0.39, 0.29) is 5.97 Å². The van der Waals surface area contributed by atoms with Gasteiger partial charge in [0.2, 0.25) is 0 Å². The van der Waals surface area contributed by atoms with Crippen LogP contribution in [0.1, 0.15) is 77.6 Å². The maximum Gasteiger partial charge on any atom is 0.305 e. The molecule has 0 aliphatic heterocycles. The van der Waals surface area contributed by atoms with Gasteiger partial charge in [0, 0.05) is 6.42 Å². The molecular formula is C17H33NO2. The lowest BCUT2D eigenvalue weighted by molar-refractivity contribution is -0.143. The van der Waals surface area contributed by atoms with Gasteiger partial charge in [0.15, 0.2) is 0 Å². The zero-order valence-electron chi connectivity index (χ0n) is 13.2. The Morgan fingerprint density at radius 3 is 2.05 bits per heavy atom. The van der Waals surface area contributed by atoms with Gasteiger partial charge in [0.1, 0.15) is 0 Å². The van der Waals surface area contributed by atoms with Crippen molar-refractivity contribution in [1.82, 2.24) is 0 Å². The molecule has 0 aliphatic rings. The summed E-state index contributed by atoms with van der Waals surface area (Å²) < 4.78 is 4.89. The fourth-order valence-corrected chi connectivity index (χ4v) is 2.11. The fourth-order valence-electron chi connectivity index (χ4n) is 2.11. The van der Waals surface area contributed by atoms with Crippen LogP contribution in [-0.4, -0.2) is 19.1 Å². The van der Waals surface area contributed by atoms with Gasteiger partial charge in [-0.3, -0.25) is 4.79 Å². The Labute approximate surface area is 125 Å². The first kappa shape index (κ1) is 19.2. The lowest BCUT2D eigenvalue weighted by atomic mass is 10.1. The second-order valence-corrected chi connectivity index (χ2v) is 5.22. The van der Waals surface area contributed by atoms with Crippen LogP contribution in [-0.2, 0) is 9.53 Å². The Morgan fingerprint density at radius 2 is 1.45 bits per heavy atom. The van der Waals surface area contributed by atoms with E-state index in [1.165, 1.54) is 44.9 Å². The lowest BCUT2D eigenvalue weighted by Gasteiger charge is -2.00. The third kappa shape index (κ3) is 15.2. The molecule has 0 aromatic carbocycles. The third-order valence-corrected chi connectivity index (χ3v) is 3.30. The van der Waals surface area contributed by atoms with Gasteiger partial charge in [-0.05, 0) is 52.0 Å². The molecule has 0 rings (SSSR count). The summed E-state index contributed by atoms with van der Waals surface area (Å²) >= 11 is 0.